The zero-order chi connectivity index (χ0) is 23.9. The molecule has 2 amide bonds. The van der Waals surface area contributed by atoms with E-state index < -0.39 is 35.4 Å². The van der Waals surface area contributed by atoms with Gasteiger partial charge in [0.05, 0.1) is 29.1 Å². The second-order valence-corrected chi connectivity index (χ2v) is 7.96. The van der Waals surface area contributed by atoms with Crippen LogP contribution in [0.25, 0.3) is 0 Å². The van der Waals surface area contributed by atoms with Crippen LogP contribution >= 0.6 is 0 Å². The average molecular weight is 460 g/mol. The normalized spacial score (nSPS) is 25.7. The summed E-state index contributed by atoms with van der Waals surface area (Å²) in [4.78, 5) is 38.2. The fourth-order valence-corrected chi connectivity index (χ4v) is 4.50. The Kier molecular flexibility index (Phi) is 5.92. The second-order valence-electron chi connectivity index (χ2n) is 7.96. The number of anilines is 1. The number of carbonyl (C=O) groups excluding carboxylic acids is 3. The van der Waals surface area contributed by atoms with Gasteiger partial charge in [-0.2, -0.15) is 13.2 Å². The summed E-state index contributed by atoms with van der Waals surface area (Å²) in [6.45, 7) is 1.61. The van der Waals surface area contributed by atoms with Crippen molar-refractivity contribution in [3.8, 4) is 0 Å². The molecule has 0 aliphatic carbocycles. The van der Waals surface area contributed by atoms with Gasteiger partial charge >= 0.3 is 6.18 Å². The molecule has 2 saturated heterocycles. The number of benzene rings is 2. The van der Waals surface area contributed by atoms with Crippen LogP contribution in [0.3, 0.4) is 0 Å². The van der Waals surface area contributed by atoms with Crippen molar-refractivity contribution < 1.29 is 31.9 Å². The Bertz CT molecular complexity index is 1130. The number of nitrogens with zero attached hydrogens (tertiary/aromatic N) is 1. The Morgan fingerprint density at radius 1 is 0.939 bits per heavy atom. The summed E-state index contributed by atoms with van der Waals surface area (Å²) in [6, 6.07) is 11.4. The molecule has 33 heavy (non-hydrogen) atoms. The number of nitrogens with one attached hydrogen (secondary N) is 1. The zero-order valence-electron chi connectivity index (χ0n) is 17.5. The largest absolute Gasteiger partial charge is 0.419 e. The van der Waals surface area contributed by atoms with E-state index in [4.69, 9.17) is 0 Å². The third kappa shape index (κ3) is 3.97. The van der Waals surface area contributed by atoms with Crippen LogP contribution in [0, 0.1) is 17.7 Å². The summed E-state index contributed by atoms with van der Waals surface area (Å²) < 4.78 is 49.4. The number of hydrogen-bond acceptors (Lipinski definition) is 4. The number of ketones is 1. The molecule has 2 fully saturated rings. The number of imide groups is 1. The molecule has 5 nitrogen and oxygen atoms in total. The molecule has 3 aliphatic rings. The van der Waals surface area contributed by atoms with E-state index in [0.29, 0.717) is 5.69 Å². The van der Waals surface area contributed by atoms with Gasteiger partial charge in [-0.25, -0.2) is 9.29 Å². The molecule has 0 aromatic heterocycles. The topological polar surface area (TPSA) is 66.5 Å². The van der Waals surface area contributed by atoms with Crippen LogP contribution in [-0.4, -0.2) is 29.7 Å². The Balaban J connectivity index is 0.000000174. The maximum absolute atomic E-state index is 13.0. The van der Waals surface area contributed by atoms with Crippen LogP contribution in [-0.2, 0) is 27.0 Å². The first kappa shape index (κ1) is 22.8. The number of aryl methyl sites for hydroxylation is 1. The fourth-order valence-electron chi connectivity index (χ4n) is 4.50. The summed E-state index contributed by atoms with van der Waals surface area (Å²) >= 11 is 0. The number of rotatable bonds is 2. The minimum atomic E-state index is -4.60. The molecule has 172 valence electrons. The first-order chi connectivity index (χ1) is 15.6. The van der Waals surface area contributed by atoms with Gasteiger partial charge in [0.2, 0.25) is 11.8 Å². The van der Waals surface area contributed by atoms with E-state index in [1.165, 1.54) is 23.1 Å². The molecule has 5 rings (SSSR count). The molecule has 9 heteroatoms. The van der Waals surface area contributed by atoms with E-state index in [9.17, 15) is 31.9 Å². The molecule has 2 aromatic carbocycles. The first-order valence-electron chi connectivity index (χ1n) is 10.4. The van der Waals surface area contributed by atoms with E-state index in [2.05, 4.69) is 5.32 Å². The summed E-state index contributed by atoms with van der Waals surface area (Å²) in [5.41, 5.74) is -0.520. The fraction of sp³-hybridized carbons (Fsp3) is 0.292. The van der Waals surface area contributed by atoms with Gasteiger partial charge in [-0.3, -0.25) is 19.7 Å². The van der Waals surface area contributed by atoms with Crippen molar-refractivity contribution in [3.63, 3.8) is 0 Å². The van der Waals surface area contributed by atoms with E-state index in [1.54, 1.807) is 37.3 Å². The smallest absolute Gasteiger partial charge is 0.299 e. The quantitative estimate of drug-likeness (QED) is 0.549. The van der Waals surface area contributed by atoms with Gasteiger partial charge < -0.3 is 0 Å². The van der Waals surface area contributed by atoms with Crippen LogP contribution < -0.4 is 10.2 Å². The van der Waals surface area contributed by atoms with Crippen molar-refractivity contribution in [2.24, 2.45) is 11.8 Å². The zero-order valence-corrected chi connectivity index (χ0v) is 17.5. The lowest BCUT2D eigenvalue weighted by Crippen LogP contribution is -2.46. The summed E-state index contributed by atoms with van der Waals surface area (Å²) in [7, 11) is 0. The number of fused-ring (bicyclic) bond motifs is 5. The van der Waals surface area contributed by atoms with Crippen molar-refractivity contribution in [1.29, 1.82) is 0 Å². The number of halogens is 4. The van der Waals surface area contributed by atoms with Gasteiger partial charge in [-0.15, -0.1) is 0 Å². The third-order valence-corrected chi connectivity index (χ3v) is 6.07. The van der Waals surface area contributed by atoms with E-state index >= 15 is 0 Å². The van der Waals surface area contributed by atoms with Gasteiger partial charge in [0, 0.05) is 6.04 Å². The van der Waals surface area contributed by atoms with E-state index in [1.807, 2.05) is 6.07 Å². The van der Waals surface area contributed by atoms with Crippen molar-refractivity contribution in [2.45, 2.75) is 31.6 Å². The lowest BCUT2D eigenvalue weighted by molar-refractivity contribution is -0.140. The van der Waals surface area contributed by atoms with Crippen LogP contribution in [0.15, 0.2) is 60.7 Å². The Hall–Kier alpha value is -3.33. The summed E-state index contributed by atoms with van der Waals surface area (Å²) in [5.74, 6) is -2.80. The molecule has 4 atom stereocenters. The number of para-hydroxylation sites is 1. The van der Waals surface area contributed by atoms with Crippen LogP contribution in [0.1, 0.15) is 18.1 Å². The molecule has 0 saturated carbocycles. The van der Waals surface area contributed by atoms with Crippen molar-refractivity contribution in [1.82, 2.24) is 5.32 Å². The Morgan fingerprint density at radius 2 is 1.61 bits per heavy atom. The molecule has 3 heterocycles. The predicted molar refractivity (Wildman–Crippen MR) is 112 cm³/mol. The van der Waals surface area contributed by atoms with Crippen molar-refractivity contribution in [2.75, 3.05) is 4.90 Å². The monoisotopic (exact) mass is 460 g/mol. The minimum Gasteiger partial charge on any atom is -0.299 e. The lowest BCUT2D eigenvalue weighted by atomic mass is 9.90. The number of carbonyl (C=O) groups is 3. The highest BCUT2D eigenvalue weighted by atomic mass is 19.4. The Morgan fingerprint density at radius 3 is 2.24 bits per heavy atom. The number of amides is 2. The number of alkyl halides is 3. The number of hydrogen-bond donors (Lipinski definition) is 1. The highest BCUT2D eigenvalue weighted by Crippen LogP contribution is 2.41. The van der Waals surface area contributed by atoms with Gasteiger partial charge in [-0.05, 0) is 36.3 Å². The third-order valence-electron chi connectivity index (χ3n) is 6.07. The summed E-state index contributed by atoms with van der Waals surface area (Å²) in [6.07, 6.45) is -1.16. The SMILES string of the molecule is CCc1cccc(C(F)(F)F)c1F.O=C1C=C[C@@H]2N[C@H]1[C@H]1C(=O)N(c3ccccc3)C(=O)[C@H]12. The van der Waals surface area contributed by atoms with E-state index in [0.717, 1.165) is 6.07 Å². The van der Waals surface area contributed by atoms with Gasteiger partial charge in [0.25, 0.3) is 0 Å². The molecular weight excluding hydrogens is 440 g/mol. The molecular formula is C24H20F4N2O3. The second kappa shape index (κ2) is 8.55. The minimum absolute atomic E-state index is 0.0924. The standard InChI is InChI=1S/C15H12N2O3.C9H8F4/c18-10-7-6-9-11-12(13(10)16-9)15(20)17(14(11)19)8-4-2-1-3-5-8;1-2-6-4-3-5-7(8(6)10)9(11,12)13/h1-7,9,11-13,16H;3-5H,2H2,1H3/t9-,11-,12-,13+;/m0./s1. The molecule has 2 aromatic rings. The maximum atomic E-state index is 13.0. The maximum Gasteiger partial charge on any atom is 0.419 e. The Labute approximate surface area is 187 Å². The van der Waals surface area contributed by atoms with Crippen molar-refractivity contribution in [3.05, 3.63) is 77.6 Å². The van der Waals surface area contributed by atoms with Gasteiger partial charge in [0.1, 0.15) is 5.82 Å². The molecule has 0 radical (unpaired) electrons. The molecule has 2 bridgehead atoms. The van der Waals surface area contributed by atoms with E-state index in [-0.39, 0.29) is 35.6 Å². The van der Waals surface area contributed by atoms with Gasteiger partial charge in [0.15, 0.2) is 5.78 Å². The molecule has 0 spiro atoms. The van der Waals surface area contributed by atoms with Crippen molar-refractivity contribution >= 4 is 23.3 Å². The molecule has 0 unspecified atom stereocenters. The highest BCUT2D eigenvalue weighted by molar-refractivity contribution is 6.24. The van der Waals surface area contributed by atoms with Gasteiger partial charge in [-0.1, -0.05) is 43.3 Å². The molecule has 3 aliphatic heterocycles. The highest BCUT2D eigenvalue weighted by Gasteiger charge is 2.61. The predicted octanol–water partition coefficient (Wildman–Crippen LogP) is 3.68. The average Bonchev–Trinajstić information content (AvgIpc) is 3.24. The first-order valence-corrected chi connectivity index (χ1v) is 10.4. The van der Waals surface area contributed by atoms with Crippen LogP contribution in [0.5, 0.6) is 0 Å². The van der Waals surface area contributed by atoms with Crippen LogP contribution in [0.4, 0.5) is 23.2 Å². The summed E-state index contributed by atoms with van der Waals surface area (Å²) in [5, 5.41) is 3.07. The lowest BCUT2D eigenvalue weighted by Gasteiger charge is -2.22. The van der Waals surface area contributed by atoms with Crippen LogP contribution in [0.2, 0.25) is 0 Å². The molecule has 1 N–H and O–H groups in total.